The minimum Gasteiger partial charge on any atom is -0.481 e. The fourth-order valence-corrected chi connectivity index (χ4v) is 4.85. The van der Waals surface area contributed by atoms with Crippen LogP contribution in [0.3, 0.4) is 0 Å². The van der Waals surface area contributed by atoms with Gasteiger partial charge in [-0.05, 0) is 81.4 Å². The van der Waals surface area contributed by atoms with E-state index in [-0.39, 0.29) is 12.5 Å². The molecule has 1 heterocycles. The standard InChI is InChI=1S/C30H40N4O7/c1-3-34(27(36)10-6-7-21-13-15-31-16-14-21)19-26(35)33-25(18-28(37)38)29(39)32-20(2)30(40)41-24-12-11-22-8-4-5-9-23(22)17-24/h4-5,8-9,11-12,17,20-21,25,31H,3,6-7,10,13-16,18-19H2,1-2H3,(H,32,39)(H,33,35)(H,37,38)/t20-,25-/m0/s1. The van der Waals surface area contributed by atoms with Crippen LogP contribution in [0.5, 0.6) is 5.75 Å². The Balaban J connectivity index is 1.51. The molecule has 222 valence electrons. The number of rotatable bonds is 14. The van der Waals surface area contributed by atoms with Gasteiger partial charge in [-0.25, -0.2) is 4.79 Å². The molecule has 11 nitrogen and oxygen atoms in total. The number of hydrogen-bond donors (Lipinski definition) is 4. The van der Waals surface area contributed by atoms with Crippen molar-refractivity contribution in [3.05, 3.63) is 42.5 Å². The van der Waals surface area contributed by atoms with Crippen LogP contribution in [-0.4, -0.2) is 77.9 Å². The lowest BCUT2D eigenvalue weighted by atomic mass is 9.92. The van der Waals surface area contributed by atoms with E-state index in [1.54, 1.807) is 25.1 Å². The molecule has 1 aliphatic rings. The SMILES string of the molecule is CCN(CC(=O)N[C@@H](CC(=O)O)C(=O)N[C@@H](C)C(=O)Oc1ccc2ccccc2c1)C(=O)CCCC1CCNCC1. The summed E-state index contributed by atoms with van der Waals surface area (Å²) in [4.78, 5) is 63.7. The molecule has 2 aromatic rings. The second-order valence-corrected chi connectivity index (χ2v) is 10.4. The fraction of sp³-hybridized carbons (Fsp3) is 0.500. The van der Waals surface area contributed by atoms with Crippen LogP contribution in [0.15, 0.2) is 42.5 Å². The van der Waals surface area contributed by atoms with Crippen LogP contribution in [0, 0.1) is 5.92 Å². The normalized spacial score (nSPS) is 15.0. The summed E-state index contributed by atoms with van der Waals surface area (Å²) in [5.74, 6) is -2.83. The van der Waals surface area contributed by atoms with Gasteiger partial charge in [-0.2, -0.15) is 0 Å². The maximum atomic E-state index is 12.9. The third kappa shape index (κ3) is 10.2. The molecule has 0 aromatic heterocycles. The summed E-state index contributed by atoms with van der Waals surface area (Å²) in [5, 5.41) is 19.3. The van der Waals surface area contributed by atoms with Gasteiger partial charge < -0.3 is 30.7 Å². The molecule has 2 aromatic carbocycles. The smallest absolute Gasteiger partial charge is 0.333 e. The summed E-state index contributed by atoms with van der Waals surface area (Å²) in [5.41, 5.74) is 0. The molecule has 0 unspecified atom stereocenters. The largest absolute Gasteiger partial charge is 0.481 e. The number of carbonyl (C=O) groups excluding carboxylic acids is 4. The lowest BCUT2D eigenvalue weighted by Crippen LogP contribution is -2.53. The Morgan fingerprint density at radius 3 is 2.44 bits per heavy atom. The highest BCUT2D eigenvalue weighted by atomic mass is 16.5. The van der Waals surface area contributed by atoms with Gasteiger partial charge in [-0.3, -0.25) is 19.2 Å². The molecule has 0 radical (unpaired) electrons. The van der Waals surface area contributed by atoms with Gasteiger partial charge in [-0.15, -0.1) is 0 Å². The van der Waals surface area contributed by atoms with Gasteiger partial charge in [0.2, 0.25) is 17.7 Å². The van der Waals surface area contributed by atoms with E-state index in [4.69, 9.17) is 4.74 Å². The molecule has 2 atom stereocenters. The minimum absolute atomic E-state index is 0.166. The van der Waals surface area contributed by atoms with Gasteiger partial charge in [0.25, 0.3) is 0 Å². The van der Waals surface area contributed by atoms with Crippen molar-refractivity contribution >= 4 is 40.4 Å². The van der Waals surface area contributed by atoms with Crippen LogP contribution >= 0.6 is 0 Å². The zero-order valence-electron chi connectivity index (χ0n) is 23.7. The molecule has 1 fully saturated rings. The first-order chi connectivity index (χ1) is 19.7. The van der Waals surface area contributed by atoms with E-state index in [2.05, 4.69) is 16.0 Å². The number of likely N-dealkylation sites (N-methyl/N-ethyl adjacent to an activating group) is 1. The van der Waals surface area contributed by atoms with Crippen LogP contribution < -0.4 is 20.7 Å². The highest BCUT2D eigenvalue weighted by molar-refractivity contribution is 5.94. The molecule has 0 bridgehead atoms. The van der Waals surface area contributed by atoms with E-state index in [9.17, 15) is 29.1 Å². The number of nitrogens with one attached hydrogen (secondary N) is 3. The number of piperidine rings is 1. The molecule has 1 saturated heterocycles. The van der Waals surface area contributed by atoms with Crippen molar-refractivity contribution in [2.24, 2.45) is 5.92 Å². The van der Waals surface area contributed by atoms with Crippen molar-refractivity contribution in [1.29, 1.82) is 0 Å². The Bertz CT molecular complexity index is 1230. The van der Waals surface area contributed by atoms with Crippen molar-refractivity contribution in [2.75, 3.05) is 26.2 Å². The predicted molar refractivity (Wildman–Crippen MR) is 153 cm³/mol. The van der Waals surface area contributed by atoms with E-state index in [0.717, 1.165) is 49.5 Å². The average molecular weight is 569 g/mol. The van der Waals surface area contributed by atoms with Crippen LogP contribution in [-0.2, 0) is 24.0 Å². The Morgan fingerprint density at radius 1 is 1.05 bits per heavy atom. The highest BCUT2D eigenvalue weighted by Crippen LogP contribution is 2.21. The van der Waals surface area contributed by atoms with Gasteiger partial charge in [0.05, 0.1) is 13.0 Å². The summed E-state index contributed by atoms with van der Waals surface area (Å²) < 4.78 is 5.39. The lowest BCUT2D eigenvalue weighted by Gasteiger charge is -2.24. The molecule has 0 aliphatic carbocycles. The highest BCUT2D eigenvalue weighted by Gasteiger charge is 2.28. The first kappa shape index (κ1) is 31.5. The lowest BCUT2D eigenvalue weighted by molar-refractivity contribution is -0.142. The van der Waals surface area contributed by atoms with E-state index in [1.165, 1.54) is 11.8 Å². The molecular formula is C30H40N4O7. The number of esters is 1. The van der Waals surface area contributed by atoms with Gasteiger partial charge >= 0.3 is 11.9 Å². The summed E-state index contributed by atoms with van der Waals surface area (Å²) in [6.07, 6.45) is 3.52. The molecule has 0 spiro atoms. The zero-order chi connectivity index (χ0) is 29.8. The molecule has 41 heavy (non-hydrogen) atoms. The van der Waals surface area contributed by atoms with Gasteiger partial charge in [-0.1, -0.05) is 30.3 Å². The number of ether oxygens (including phenoxy) is 1. The first-order valence-electron chi connectivity index (χ1n) is 14.2. The molecule has 3 rings (SSSR count). The number of carboxylic acids is 1. The van der Waals surface area contributed by atoms with Crippen LogP contribution in [0.4, 0.5) is 0 Å². The van der Waals surface area contributed by atoms with E-state index in [0.29, 0.717) is 24.6 Å². The van der Waals surface area contributed by atoms with Gasteiger partial charge in [0, 0.05) is 13.0 Å². The number of benzene rings is 2. The molecule has 4 N–H and O–H groups in total. The van der Waals surface area contributed by atoms with Crippen LogP contribution in [0.25, 0.3) is 10.8 Å². The predicted octanol–water partition coefficient (Wildman–Crippen LogP) is 2.23. The monoisotopic (exact) mass is 568 g/mol. The van der Waals surface area contributed by atoms with E-state index >= 15 is 0 Å². The maximum Gasteiger partial charge on any atom is 0.333 e. The first-order valence-corrected chi connectivity index (χ1v) is 14.2. The third-order valence-electron chi connectivity index (χ3n) is 7.21. The summed E-state index contributed by atoms with van der Waals surface area (Å²) in [7, 11) is 0. The Kier molecular flexibility index (Phi) is 12.1. The Hall–Kier alpha value is -3.99. The molecule has 3 amide bonds. The number of aliphatic carboxylic acids is 1. The number of amides is 3. The zero-order valence-corrected chi connectivity index (χ0v) is 23.7. The molecule has 1 aliphatic heterocycles. The van der Waals surface area contributed by atoms with Crippen molar-refractivity contribution in [3.8, 4) is 5.75 Å². The molecule has 11 heteroatoms. The summed E-state index contributed by atoms with van der Waals surface area (Å²) >= 11 is 0. The number of carboxylic acid groups (broad SMARTS) is 1. The number of hydrogen-bond acceptors (Lipinski definition) is 7. The minimum atomic E-state index is -1.44. The second kappa shape index (κ2) is 15.7. The van der Waals surface area contributed by atoms with Crippen LogP contribution in [0.1, 0.15) is 52.4 Å². The van der Waals surface area contributed by atoms with E-state index in [1.807, 2.05) is 24.3 Å². The summed E-state index contributed by atoms with van der Waals surface area (Å²) in [6.45, 7) is 5.15. The number of nitrogens with zero attached hydrogens (tertiary/aromatic N) is 1. The molecule has 0 saturated carbocycles. The Labute approximate surface area is 240 Å². The van der Waals surface area contributed by atoms with Crippen molar-refractivity contribution < 1.29 is 33.8 Å². The Morgan fingerprint density at radius 2 is 1.76 bits per heavy atom. The average Bonchev–Trinajstić information content (AvgIpc) is 2.95. The topological polar surface area (TPSA) is 154 Å². The maximum absolute atomic E-state index is 12.9. The quantitative estimate of drug-likeness (QED) is 0.200. The second-order valence-electron chi connectivity index (χ2n) is 10.4. The van der Waals surface area contributed by atoms with E-state index < -0.39 is 42.3 Å². The van der Waals surface area contributed by atoms with Crippen molar-refractivity contribution in [1.82, 2.24) is 20.9 Å². The van der Waals surface area contributed by atoms with Gasteiger partial charge in [0.1, 0.15) is 17.8 Å². The summed E-state index contributed by atoms with van der Waals surface area (Å²) in [6, 6.07) is 10.1. The number of carbonyl (C=O) groups is 5. The van der Waals surface area contributed by atoms with Crippen molar-refractivity contribution in [2.45, 2.75) is 64.5 Å². The number of fused-ring (bicyclic) bond motifs is 1. The van der Waals surface area contributed by atoms with Gasteiger partial charge in [0.15, 0.2) is 0 Å². The fourth-order valence-electron chi connectivity index (χ4n) is 4.85. The van der Waals surface area contributed by atoms with Crippen LogP contribution in [0.2, 0.25) is 0 Å². The molecular weight excluding hydrogens is 528 g/mol. The van der Waals surface area contributed by atoms with Crippen molar-refractivity contribution in [3.63, 3.8) is 0 Å². The third-order valence-corrected chi connectivity index (χ3v) is 7.21.